The fraction of sp³-hybridized carbons (Fsp3) is 0.778. The lowest BCUT2D eigenvalue weighted by Gasteiger charge is -1.94. The van der Waals surface area contributed by atoms with Crippen molar-refractivity contribution in [3.05, 3.63) is 11.0 Å². The van der Waals surface area contributed by atoms with Gasteiger partial charge >= 0.3 is 0 Å². The fourth-order valence-electron chi connectivity index (χ4n) is 0.882. The van der Waals surface area contributed by atoms with Crippen molar-refractivity contribution in [1.29, 1.82) is 0 Å². The van der Waals surface area contributed by atoms with E-state index in [1.54, 1.807) is 0 Å². The van der Waals surface area contributed by atoms with Crippen LogP contribution in [-0.4, -0.2) is 0 Å². The molecule has 0 spiro atoms. The Balaban J connectivity index is 2.98. The zero-order valence-corrected chi connectivity index (χ0v) is 7.95. The third kappa shape index (κ3) is 8.09. The fourth-order valence-corrected chi connectivity index (χ4v) is 1.01. The zero-order chi connectivity index (χ0) is 7.82. The van der Waals surface area contributed by atoms with Gasteiger partial charge in [0.2, 0.25) is 0 Å². The maximum absolute atomic E-state index is 4.18. The first-order valence-electron chi connectivity index (χ1n) is 4.13. The Bertz CT molecular complexity index is 90.9. The van der Waals surface area contributed by atoms with Gasteiger partial charge in [0.25, 0.3) is 0 Å². The molecule has 0 aromatic rings. The number of rotatable bonds is 5. The molecule has 0 aromatic heterocycles. The number of hydrogen-bond acceptors (Lipinski definition) is 1. The van der Waals surface area contributed by atoms with Gasteiger partial charge in [-0.15, -0.1) is 12.6 Å². The molecule has 0 unspecified atom stereocenters. The second-order valence-electron chi connectivity index (χ2n) is 2.69. The molecular weight excluding hydrogens is 140 g/mol. The van der Waals surface area contributed by atoms with Crippen molar-refractivity contribution in [3.63, 3.8) is 0 Å². The van der Waals surface area contributed by atoms with Gasteiger partial charge in [0.1, 0.15) is 0 Å². The molecule has 0 rings (SSSR count). The van der Waals surface area contributed by atoms with E-state index in [4.69, 9.17) is 0 Å². The van der Waals surface area contributed by atoms with Crippen LogP contribution in [0.2, 0.25) is 0 Å². The van der Waals surface area contributed by atoms with Crippen molar-refractivity contribution in [2.24, 2.45) is 0 Å². The van der Waals surface area contributed by atoms with E-state index >= 15 is 0 Å². The topological polar surface area (TPSA) is 0 Å². The smallest absolute Gasteiger partial charge is 0.0255 e. The Morgan fingerprint density at radius 3 is 2.50 bits per heavy atom. The summed E-state index contributed by atoms with van der Waals surface area (Å²) in [6.07, 6.45) is 8.79. The van der Waals surface area contributed by atoms with Gasteiger partial charge in [0.15, 0.2) is 0 Å². The highest BCUT2D eigenvalue weighted by Crippen LogP contribution is 2.06. The summed E-state index contributed by atoms with van der Waals surface area (Å²) < 4.78 is 0. The molecule has 0 aliphatic heterocycles. The first kappa shape index (κ1) is 10.1. The second-order valence-corrected chi connectivity index (χ2v) is 3.40. The van der Waals surface area contributed by atoms with Crippen molar-refractivity contribution < 1.29 is 0 Å². The first-order valence-corrected chi connectivity index (χ1v) is 4.57. The van der Waals surface area contributed by atoms with Crippen LogP contribution in [0, 0.1) is 0 Å². The molecule has 0 nitrogen and oxygen atoms in total. The van der Waals surface area contributed by atoms with Crippen LogP contribution in [0.4, 0.5) is 0 Å². The Labute approximate surface area is 70.1 Å². The largest absolute Gasteiger partial charge is 0.149 e. The minimum atomic E-state index is 1.15. The standard InChI is InChI=1S/C9H18S/c1-3-4-5-6-7-8-9(2)10/h8,10H,3-7H2,1-2H3/b9-8+. The van der Waals surface area contributed by atoms with Crippen molar-refractivity contribution in [2.75, 3.05) is 0 Å². The van der Waals surface area contributed by atoms with Crippen molar-refractivity contribution in [3.8, 4) is 0 Å². The lowest BCUT2D eigenvalue weighted by atomic mass is 10.1. The van der Waals surface area contributed by atoms with E-state index in [0.717, 1.165) is 4.91 Å². The van der Waals surface area contributed by atoms with Crippen LogP contribution in [0.25, 0.3) is 0 Å². The summed E-state index contributed by atoms with van der Waals surface area (Å²) in [6.45, 7) is 4.27. The third-order valence-corrected chi connectivity index (χ3v) is 1.68. The van der Waals surface area contributed by atoms with E-state index in [2.05, 4.69) is 25.6 Å². The number of hydrogen-bond donors (Lipinski definition) is 1. The van der Waals surface area contributed by atoms with E-state index in [1.807, 2.05) is 6.92 Å². The Morgan fingerprint density at radius 2 is 2.00 bits per heavy atom. The summed E-state index contributed by atoms with van der Waals surface area (Å²) in [5.74, 6) is 0. The van der Waals surface area contributed by atoms with Crippen molar-refractivity contribution in [2.45, 2.75) is 46.0 Å². The third-order valence-electron chi connectivity index (χ3n) is 1.50. The molecule has 0 bridgehead atoms. The summed E-state index contributed by atoms with van der Waals surface area (Å²) in [5.41, 5.74) is 0. The number of allylic oxidation sites excluding steroid dienone is 2. The number of thiol groups is 1. The van der Waals surface area contributed by atoms with E-state index in [9.17, 15) is 0 Å². The Morgan fingerprint density at radius 1 is 1.30 bits per heavy atom. The molecule has 0 radical (unpaired) electrons. The van der Waals surface area contributed by atoms with Crippen LogP contribution in [0.1, 0.15) is 46.0 Å². The van der Waals surface area contributed by atoms with Crippen LogP contribution in [0.3, 0.4) is 0 Å². The minimum Gasteiger partial charge on any atom is -0.149 e. The quantitative estimate of drug-likeness (QED) is 0.457. The van der Waals surface area contributed by atoms with Crippen molar-refractivity contribution in [1.82, 2.24) is 0 Å². The first-order chi connectivity index (χ1) is 4.77. The van der Waals surface area contributed by atoms with Gasteiger partial charge in [-0.3, -0.25) is 0 Å². The minimum absolute atomic E-state index is 1.15. The summed E-state index contributed by atoms with van der Waals surface area (Å²) in [4.78, 5) is 1.15. The Hall–Kier alpha value is 0.0900. The molecule has 10 heavy (non-hydrogen) atoms. The maximum atomic E-state index is 4.18. The van der Waals surface area contributed by atoms with Crippen LogP contribution < -0.4 is 0 Å². The molecule has 0 fully saturated rings. The van der Waals surface area contributed by atoms with Crippen LogP contribution >= 0.6 is 12.6 Å². The number of unbranched alkanes of at least 4 members (excludes halogenated alkanes) is 4. The molecule has 1 heteroatoms. The lowest BCUT2D eigenvalue weighted by molar-refractivity contribution is 0.674. The zero-order valence-electron chi connectivity index (χ0n) is 7.06. The predicted molar refractivity (Wildman–Crippen MR) is 51.5 cm³/mol. The molecular formula is C9H18S. The maximum Gasteiger partial charge on any atom is -0.0255 e. The molecule has 0 aliphatic rings. The molecule has 0 amide bonds. The van der Waals surface area contributed by atoms with Gasteiger partial charge in [0, 0.05) is 0 Å². The summed E-state index contributed by atoms with van der Waals surface area (Å²) in [5, 5.41) is 0. The van der Waals surface area contributed by atoms with Gasteiger partial charge in [-0.1, -0.05) is 32.3 Å². The molecule has 60 valence electrons. The highest BCUT2D eigenvalue weighted by molar-refractivity contribution is 7.84. The lowest BCUT2D eigenvalue weighted by Crippen LogP contribution is -1.73. The highest BCUT2D eigenvalue weighted by atomic mass is 32.1. The molecule has 0 N–H and O–H groups in total. The summed E-state index contributed by atoms with van der Waals surface area (Å²) in [7, 11) is 0. The van der Waals surface area contributed by atoms with E-state index in [-0.39, 0.29) is 0 Å². The predicted octanol–water partition coefficient (Wildman–Crippen LogP) is 3.79. The van der Waals surface area contributed by atoms with Crippen LogP contribution in [0.15, 0.2) is 11.0 Å². The van der Waals surface area contributed by atoms with E-state index in [1.165, 1.54) is 32.1 Å². The molecule has 0 atom stereocenters. The molecule has 0 heterocycles. The normalized spacial score (nSPS) is 12.1. The Kier molecular flexibility index (Phi) is 7.26. The molecule has 0 saturated heterocycles. The average molecular weight is 158 g/mol. The summed E-state index contributed by atoms with van der Waals surface area (Å²) >= 11 is 4.18. The van der Waals surface area contributed by atoms with E-state index < -0.39 is 0 Å². The highest BCUT2D eigenvalue weighted by Gasteiger charge is 1.84. The summed E-state index contributed by atoms with van der Waals surface area (Å²) in [6, 6.07) is 0. The van der Waals surface area contributed by atoms with E-state index in [0.29, 0.717) is 0 Å². The van der Waals surface area contributed by atoms with Gasteiger partial charge in [-0.2, -0.15) is 0 Å². The molecule has 0 aliphatic carbocycles. The van der Waals surface area contributed by atoms with Gasteiger partial charge < -0.3 is 0 Å². The second kappa shape index (κ2) is 7.20. The van der Waals surface area contributed by atoms with Crippen molar-refractivity contribution >= 4 is 12.6 Å². The van der Waals surface area contributed by atoms with Crippen LogP contribution in [0.5, 0.6) is 0 Å². The SMILES string of the molecule is CCCCCC/C=C(\C)S. The van der Waals surface area contributed by atoms with Gasteiger partial charge in [0.05, 0.1) is 0 Å². The monoisotopic (exact) mass is 158 g/mol. The molecule has 0 saturated carbocycles. The van der Waals surface area contributed by atoms with Gasteiger partial charge in [-0.05, 0) is 24.7 Å². The average Bonchev–Trinajstić information content (AvgIpc) is 1.87. The molecule has 0 aromatic carbocycles. The van der Waals surface area contributed by atoms with Crippen LogP contribution in [-0.2, 0) is 0 Å². The van der Waals surface area contributed by atoms with Gasteiger partial charge in [-0.25, -0.2) is 0 Å².